The number of nitrogens with one attached hydrogen (secondary N) is 1. The zero-order valence-electron chi connectivity index (χ0n) is 19.2. The van der Waals surface area contributed by atoms with E-state index in [1.807, 2.05) is 42.5 Å². The van der Waals surface area contributed by atoms with Gasteiger partial charge in [0.2, 0.25) is 0 Å². The van der Waals surface area contributed by atoms with E-state index in [1.165, 1.54) is 16.2 Å². The van der Waals surface area contributed by atoms with E-state index >= 15 is 0 Å². The van der Waals surface area contributed by atoms with Crippen molar-refractivity contribution in [1.29, 1.82) is 5.26 Å². The Kier molecular flexibility index (Phi) is 5.97. The number of carbonyl (C=O) groups is 1. The Morgan fingerprint density at radius 1 is 1.21 bits per heavy atom. The van der Waals surface area contributed by atoms with Gasteiger partial charge in [0.05, 0.1) is 31.6 Å². The zero-order valence-corrected chi connectivity index (χ0v) is 21.6. The zero-order chi connectivity index (χ0) is 24.0. The first-order chi connectivity index (χ1) is 16.2. The van der Waals surface area contributed by atoms with Crippen molar-refractivity contribution in [3.05, 3.63) is 68.4 Å². The Labute approximate surface area is 212 Å². The highest BCUT2D eigenvalue weighted by Crippen LogP contribution is 2.44. The second kappa shape index (κ2) is 8.81. The number of hydrogen-bond donors (Lipinski definition) is 1. The summed E-state index contributed by atoms with van der Waals surface area (Å²) in [5, 5.41) is 14.4. The van der Waals surface area contributed by atoms with Gasteiger partial charge in [0.25, 0.3) is 5.91 Å². The third-order valence-electron chi connectivity index (χ3n) is 6.62. The molecule has 0 spiro atoms. The van der Waals surface area contributed by atoms with E-state index in [1.54, 1.807) is 11.3 Å². The van der Waals surface area contributed by atoms with Gasteiger partial charge in [-0.1, -0.05) is 50.6 Å². The van der Waals surface area contributed by atoms with Crippen molar-refractivity contribution < 1.29 is 4.79 Å². The molecule has 5 rings (SSSR count). The van der Waals surface area contributed by atoms with Crippen LogP contribution in [0, 0.1) is 22.7 Å². The Bertz CT molecular complexity index is 1460. The number of hydrogen-bond acceptors (Lipinski definition) is 5. The van der Waals surface area contributed by atoms with Crippen LogP contribution in [0.4, 0.5) is 5.00 Å². The number of halogens is 1. The molecule has 0 saturated carbocycles. The molecule has 0 fully saturated rings. The fourth-order valence-corrected chi connectivity index (χ4v) is 6.92. The average molecular weight is 506 g/mol. The lowest BCUT2D eigenvalue weighted by molar-refractivity contribution is 0.102. The summed E-state index contributed by atoms with van der Waals surface area (Å²) in [5.74, 6) is 0.336. The van der Waals surface area contributed by atoms with E-state index in [2.05, 4.69) is 32.2 Å². The molecular weight excluding hydrogens is 482 g/mol. The molecule has 1 unspecified atom stereocenters. The number of amides is 1. The summed E-state index contributed by atoms with van der Waals surface area (Å²) in [5.41, 5.74) is 3.93. The molecule has 34 heavy (non-hydrogen) atoms. The molecule has 0 saturated heterocycles. The molecule has 4 nitrogen and oxygen atoms in total. The maximum atomic E-state index is 13.6. The molecule has 0 aliphatic heterocycles. The van der Waals surface area contributed by atoms with Crippen LogP contribution >= 0.6 is 34.3 Å². The quantitative estimate of drug-likeness (QED) is 0.307. The summed E-state index contributed by atoms with van der Waals surface area (Å²) < 4.78 is 0.673. The van der Waals surface area contributed by atoms with Gasteiger partial charge in [-0.15, -0.1) is 22.7 Å². The first kappa shape index (κ1) is 23.0. The third kappa shape index (κ3) is 4.24. The molecule has 1 N–H and O–H groups in total. The highest BCUT2D eigenvalue weighted by molar-refractivity contribution is 7.19. The van der Waals surface area contributed by atoms with Gasteiger partial charge in [-0.25, -0.2) is 4.98 Å². The number of nitriles is 1. The maximum absolute atomic E-state index is 13.6. The molecular formula is C27H24ClN3OS2. The SMILES string of the molecule is CC(C)(C)C1CCc2c(sc(NC(=O)c3cc(-c4ccc(Cl)s4)nc4ccccc34)c2C#N)C1. The summed E-state index contributed by atoms with van der Waals surface area (Å²) in [6, 6.07) is 15.5. The van der Waals surface area contributed by atoms with Crippen LogP contribution in [0.3, 0.4) is 0 Å². The van der Waals surface area contributed by atoms with Gasteiger partial charge in [-0.3, -0.25) is 4.79 Å². The lowest BCUT2D eigenvalue weighted by Gasteiger charge is -2.33. The monoisotopic (exact) mass is 505 g/mol. The second-order valence-corrected chi connectivity index (χ2v) is 12.6. The van der Waals surface area contributed by atoms with E-state index in [0.717, 1.165) is 40.6 Å². The molecule has 3 heterocycles. The lowest BCUT2D eigenvalue weighted by atomic mass is 9.72. The van der Waals surface area contributed by atoms with Crippen LogP contribution in [0.1, 0.15) is 53.6 Å². The van der Waals surface area contributed by atoms with Gasteiger partial charge >= 0.3 is 0 Å². The number of fused-ring (bicyclic) bond motifs is 2. The Balaban J connectivity index is 1.53. The van der Waals surface area contributed by atoms with Gasteiger partial charge in [0, 0.05) is 10.3 Å². The van der Waals surface area contributed by atoms with E-state index in [-0.39, 0.29) is 11.3 Å². The summed E-state index contributed by atoms with van der Waals surface area (Å²) in [6.07, 6.45) is 2.90. The minimum atomic E-state index is -0.232. The maximum Gasteiger partial charge on any atom is 0.257 e. The topological polar surface area (TPSA) is 65.8 Å². The normalized spacial score (nSPS) is 15.7. The van der Waals surface area contributed by atoms with Gasteiger partial charge in [0.15, 0.2) is 0 Å². The first-order valence-electron chi connectivity index (χ1n) is 11.3. The van der Waals surface area contributed by atoms with Gasteiger partial charge in [-0.2, -0.15) is 5.26 Å². The molecule has 4 aromatic rings. The number of benzene rings is 1. The summed E-state index contributed by atoms with van der Waals surface area (Å²) in [7, 11) is 0. The molecule has 1 atom stereocenters. The van der Waals surface area contributed by atoms with Crippen LogP contribution in [-0.4, -0.2) is 10.9 Å². The van der Waals surface area contributed by atoms with Crippen molar-refractivity contribution in [2.45, 2.75) is 40.0 Å². The van der Waals surface area contributed by atoms with Crippen LogP contribution in [0.5, 0.6) is 0 Å². The fraction of sp³-hybridized carbons (Fsp3) is 0.296. The smallest absolute Gasteiger partial charge is 0.257 e. The highest BCUT2D eigenvalue weighted by atomic mass is 35.5. The average Bonchev–Trinajstić information content (AvgIpc) is 3.39. The van der Waals surface area contributed by atoms with E-state index in [9.17, 15) is 10.1 Å². The molecule has 1 aromatic carbocycles. The standard InChI is InChI=1S/C27H24ClN3OS2/c1-27(2,3)15-8-9-17-19(14-29)26(34-23(17)12-15)31-25(32)18-13-21(22-10-11-24(28)33-22)30-20-7-5-4-6-16(18)20/h4-7,10-11,13,15H,8-9,12H2,1-3H3,(H,31,32). The van der Waals surface area contributed by atoms with Crippen LogP contribution < -0.4 is 5.32 Å². The van der Waals surface area contributed by atoms with Gasteiger partial charge in [-0.05, 0) is 60.4 Å². The Morgan fingerprint density at radius 2 is 2.00 bits per heavy atom. The van der Waals surface area contributed by atoms with E-state index in [0.29, 0.717) is 32.1 Å². The number of aromatic nitrogens is 1. The largest absolute Gasteiger partial charge is 0.312 e. The van der Waals surface area contributed by atoms with Gasteiger partial charge < -0.3 is 5.32 Å². The molecule has 1 aliphatic rings. The van der Waals surface area contributed by atoms with Crippen molar-refractivity contribution >= 4 is 56.1 Å². The minimum Gasteiger partial charge on any atom is -0.312 e. The minimum absolute atomic E-state index is 0.217. The number of pyridine rings is 1. The van der Waals surface area contributed by atoms with Crippen LogP contribution in [-0.2, 0) is 12.8 Å². The third-order valence-corrected chi connectivity index (χ3v) is 9.04. The summed E-state index contributed by atoms with van der Waals surface area (Å²) in [4.78, 5) is 20.4. The summed E-state index contributed by atoms with van der Waals surface area (Å²) >= 11 is 9.13. The van der Waals surface area contributed by atoms with E-state index in [4.69, 9.17) is 16.6 Å². The molecule has 172 valence electrons. The number of anilines is 1. The van der Waals surface area contributed by atoms with Crippen molar-refractivity contribution in [3.8, 4) is 16.6 Å². The van der Waals surface area contributed by atoms with Crippen LogP contribution in [0.15, 0.2) is 42.5 Å². The number of thiophene rings is 2. The highest BCUT2D eigenvalue weighted by Gasteiger charge is 2.32. The Morgan fingerprint density at radius 3 is 2.71 bits per heavy atom. The molecule has 0 radical (unpaired) electrons. The second-order valence-electron chi connectivity index (χ2n) is 9.76. The lowest BCUT2D eigenvalue weighted by Crippen LogP contribution is -2.26. The number of para-hydroxylation sites is 1. The predicted molar refractivity (Wildman–Crippen MR) is 142 cm³/mol. The van der Waals surface area contributed by atoms with Crippen molar-refractivity contribution in [2.24, 2.45) is 11.3 Å². The van der Waals surface area contributed by atoms with Crippen LogP contribution in [0.2, 0.25) is 4.34 Å². The fourth-order valence-electron chi connectivity index (χ4n) is 4.64. The molecule has 0 bridgehead atoms. The Hall–Kier alpha value is -2.72. The number of nitrogens with zero attached hydrogens (tertiary/aromatic N) is 2. The van der Waals surface area contributed by atoms with Crippen molar-refractivity contribution in [1.82, 2.24) is 4.98 Å². The molecule has 3 aromatic heterocycles. The number of carbonyl (C=O) groups excluding carboxylic acids is 1. The van der Waals surface area contributed by atoms with Crippen molar-refractivity contribution in [3.63, 3.8) is 0 Å². The van der Waals surface area contributed by atoms with E-state index < -0.39 is 0 Å². The predicted octanol–water partition coefficient (Wildman–Crippen LogP) is 7.95. The van der Waals surface area contributed by atoms with Crippen molar-refractivity contribution in [2.75, 3.05) is 5.32 Å². The molecule has 7 heteroatoms. The molecule has 1 amide bonds. The first-order valence-corrected chi connectivity index (χ1v) is 13.3. The molecule has 1 aliphatic carbocycles. The van der Waals surface area contributed by atoms with Gasteiger partial charge in [0.1, 0.15) is 11.1 Å². The summed E-state index contributed by atoms with van der Waals surface area (Å²) in [6.45, 7) is 6.82. The number of rotatable bonds is 3. The van der Waals surface area contributed by atoms with Crippen LogP contribution in [0.25, 0.3) is 21.5 Å².